The maximum Gasteiger partial charge on any atom is 0.337 e. The van der Waals surface area contributed by atoms with Gasteiger partial charge in [0.2, 0.25) is 5.89 Å². The van der Waals surface area contributed by atoms with Crippen LogP contribution in [-0.2, 0) is 16.1 Å². The molecule has 2 aliphatic heterocycles. The summed E-state index contributed by atoms with van der Waals surface area (Å²) in [4.78, 5) is 14.0. The molecule has 2 aromatic heterocycles. The first-order chi connectivity index (χ1) is 20.0. The molecule has 2 bridgehead atoms. The first-order valence-corrected chi connectivity index (χ1v) is 14.6. The first-order valence-electron chi connectivity index (χ1n) is 13.8. The predicted octanol–water partition coefficient (Wildman–Crippen LogP) is 7.08. The van der Waals surface area contributed by atoms with Crippen molar-refractivity contribution in [3.8, 4) is 22.7 Å². The molecule has 7 rings (SSSR count). The molecule has 0 N–H and O–H groups in total. The molecule has 41 heavy (non-hydrogen) atoms. The van der Waals surface area contributed by atoms with Gasteiger partial charge in [0, 0.05) is 34.7 Å². The molecule has 9 nitrogen and oxygen atoms in total. The molecule has 0 spiro atoms. The summed E-state index contributed by atoms with van der Waals surface area (Å²) in [5, 5.41) is 14.1. The smallest absolute Gasteiger partial charge is 0.337 e. The second kappa shape index (κ2) is 10.8. The Hall–Kier alpha value is -3.40. The van der Waals surface area contributed by atoms with E-state index in [1.807, 2.05) is 18.2 Å². The lowest BCUT2D eigenvalue weighted by molar-refractivity contribution is 0.0139. The summed E-state index contributed by atoms with van der Waals surface area (Å²) in [6.07, 6.45) is 6.04. The van der Waals surface area contributed by atoms with E-state index in [1.165, 1.54) is 7.11 Å². The van der Waals surface area contributed by atoms with Gasteiger partial charge in [0.1, 0.15) is 11.5 Å². The number of ether oxygens (including phenoxy) is 2. The van der Waals surface area contributed by atoms with Crippen LogP contribution in [0.4, 0.5) is 6.01 Å². The molecule has 2 unspecified atom stereocenters. The number of nitrogens with zero attached hydrogens (tertiary/aromatic N) is 4. The largest absolute Gasteiger partial charge is 0.465 e. The summed E-state index contributed by atoms with van der Waals surface area (Å²) in [6, 6.07) is 13.4. The minimum atomic E-state index is -0.388. The number of esters is 1. The van der Waals surface area contributed by atoms with Crippen molar-refractivity contribution in [1.82, 2.24) is 15.4 Å². The van der Waals surface area contributed by atoms with E-state index in [2.05, 4.69) is 20.3 Å². The van der Waals surface area contributed by atoms with Gasteiger partial charge in [-0.2, -0.15) is 0 Å². The summed E-state index contributed by atoms with van der Waals surface area (Å²) in [6.45, 7) is 0.391. The molecule has 2 aromatic carbocycles. The molecule has 212 valence electrons. The van der Waals surface area contributed by atoms with Gasteiger partial charge in [-0.25, -0.2) is 4.79 Å². The predicted molar refractivity (Wildman–Crippen MR) is 152 cm³/mol. The fourth-order valence-electron chi connectivity index (χ4n) is 6.13. The van der Waals surface area contributed by atoms with Gasteiger partial charge in [-0.1, -0.05) is 39.5 Å². The Morgan fingerprint density at radius 3 is 2.37 bits per heavy atom. The molecule has 1 saturated carbocycles. The Kier molecular flexibility index (Phi) is 6.97. The van der Waals surface area contributed by atoms with Gasteiger partial charge in [0.25, 0.3) is 0 Å². The summed E-state index contributed by atoms with van der Waals surface area (Å²) < 4.78 is 23.2. The SMILES string of the molecule is COC(=O)c1ccc(-c2nnc(N3C4CCC3CC(OCc3c(-c5c(Cl)cccc5Cl)noc3C3CC3)C4)o2)cc1. The van der Waals surface area contributed by atoms with Crippen LogP contribution in [0.15, 0.2) is 51.4 Å². The standard InChI is InChI=1S/C30H28Cl2N4O5/c1-38-29(37)18-9-7-17(8-10-18)28-33-34-30(40-28)36-19-11-12-20(36)14-21(13-19)39-15-22-26(35-41-27(22)16-5-6-16)25-23(31)3-2-4-24(25)32/h2-4,7-10,16,19-21H,5-6,11-15H2,1H3. The molecule has 3 fully saturated rings. The van der Waals surface area contributed by atoms with E-state index < -0.39 is 0 Å². The van der Waals surface area contributed by atoms with Crippen LogP contribution >= 0.6 is 23.2 Å². The van der Waals surface area contributed by atoms with Crippen molar-refractivity contribution in [1.29, 1.82) is 0 Å². The van der Waals surface area contributed by atoms with Crippen LogP contribution in [0.25, 0.3) is 22.7 Å². The minimum Gasteiger partial charge on any atom is -0.465 e. The Balaban J connectivity index is 1.05. The van der Waals surface area contributed by atoms with E-state index in [1.54, 1.807) is 24.3 Å². The molecule has 3 aliphatic rings. The third-order valence-corrected chi connectivity index (χ3v) is 8.94. The van der Waals surface area contributed by atoms with Crippen LogP contribution in [0.1, 0.15) is 66.1 Å². The van der Waals surface area contributed by atoms with Gasteiger partial charge in [-0.15, -0.1) is 5.10 Å². The zero-order chi connectivity index (χ0) is 28.1. The number of fused-ring (bicyclic) bond motifs is 2. The Morgan fingerprint density at radius 2 is 1.71 bits per heavy atom. The van der Waals surface area contributed by atoms with Gasteiger partial charge >= 0.3 is 12.0 Å². The number of rotatable bonds is 8. The normalized spacial score (nSPS) is 21.8. The van der Waals surface area contributed by atoms with Crippen molar-refractivity contribution < 1.29 is 23.2 Å². The molecule has 2 saturated heterocycles. The lowest BCUT2D eigenvalue weighted by atomic mass is 10.00. The molecule has 11 heteroatoms. The third kappa shape index (κ3) is 5.00. The zero-order valence-electron chi connectivity index (χ0n) is 22.4. The number of carbonyl (C=O) groups excluding carboxylic acids is 1. The minimum absolute atomic E-state index is 0.0773. The molecule has 4 aromatic rings. The van der Waals surface area contributed by atoms with Crippen LogP contribution in [0.5, 0.6) is 0 Å². The van der Waals surface area contributed by atoms with Crippen molar-refractivity contribution >= 4 is 35.2 Å². The fourth-order valence-corrected chi connectivity index (χ4v) is 6.70. The fraction of sp³-hybridized carbons (Fsp3) is 0.400. The number of hydrogen-bond acceptors (Lipinski definition) is 9. The zero-order valence-corrected chi connectivity index (χ0v) is 23.9. The number of hydrogen-bond donors (Lipinski definition) is 0. The van der Waals surface area contributed by atoms with Gasteiger partial charge in [-0.3, -0.25) is 0 Å². The van der Waals surface area contributed by atoms with Crippen LogP contribution in [-0.4, -0.2) is 46.6 Å². The molecule has 0 amide bonds. The van der Waals surface area contributed by atoms with Crippen molar-refractivity contribution in [3.63, 3.8) is 0 Å². The van der Waals surface area contributed by atoms with E-state index >= 15 is 0 Å². The molecule has 4 heterocycles. The summed E-state index contributed by atoms with van der Waals surface area (Å²) in [5.74, 6) is 1.29. The van der Waals surface area contributed by atoms with Crippen LogP contribution in [0, 0.1) is 0 Å². The lowest BCUT2D eigenvalue weighted by Gasteiger charge is -2.37. The maximum atomic E-state index is 11.7. The highest BCUT2D eigenvalue weighted by Crippen LogP contribution is 2.47. The quantitative estimate of drug-likeness (QED) is 0.198. The monoisotopic (exact) mass is 594 g/mol. The van der Waals surface area contributed by atoms with Crippen LogP contribution in [0.2, 0.25) is 10.0 Å². The van der Waals surface area contributed by atoms with Crippen LogP contribution in [0.3, 0.4) is 0 Å². The number of anilines is 1. The van der Waals surface area contributed by atoms with Gasteiger partial charge in [0.15, 0.2) is 0 Å². The second-order valence-electron chi connectivity index (χ2n) is 10.9. The van der Waals surface area contributed by atoms with Gasteiger partial charge in [-0.05, 0) is 74.9 Å². The van der Waals surface area contributed by atoms with Crippen molar-refractivity contribution in [2.24, 2.45) is 0 Å². The highest BCUT2D eigenvalue weighted by molar-refractivity contribution is 6.39. The molecular weight excluding hydrogens is 567 g/mol. The average Bonchev–Trinajstić information content (AvgIpc) is 3.45. The maximum absolute atomic E-state index is 11.7. The number of methoxy groups -OCH3 is 1. The summed E-state index contributed by atoms with van der Waals surface area (Å²) in [5.41, 5.74) is 3.51. The third-order valence-electron chi connectivity index (χ3n) is 8.31. The van der Waals surface area contributed by atoms with Gasteiger partial charge in [0.05, 0.1) is 35.4 Å². The molecule has 2 atom stereocenters. The Bertz CT molecular complexity index is 1550. The number of benzene rings is 2. The molecule has 0 radical (unpaired) electrons. The second-order valence-corrected chi connectivity index (χ2v) is 11.7. The lowest BCUT2D eigenvalue weighted by Crippen LogP contribution is -2.45. The van der Waals surface area contributed by atoms with Crippen molar-refractivity contribution in [3.05, 3.63) is 69.4 Å². The van der Waals surface area contributed by atoms with E-state index in [0.29, 0.717) is 51.3 Å². The van der Waals surface area contributed by atoms with E-state index in [0.717, 1.165) is 55.4 Å². The van der Waals surface area contributed by atoms with Crippen molar-refractivity contribution in [2.75, 3.05) is 12.0 Å². The first kappa shape index (κ1) is 26.5. The van der Waals surface area contributed by atoms with E-state index in [-0.39, 0.29) is 24.2 Å². The van der Waals surface area contributed by atoms with E-state index in [9.17, 15) is 4.79 Å². The highest BCUT2D eigenvalue weighted by atomic mass is 35.5. The summed E-state index contributed by atoms with van der Waals surface area (Å²) >= 11 is 13.1. The van der Waals surface area contributed by atoms with Crippen LogP contribution < -0.4 is 4.90 Å². The average molecular weight is 595 g/mol. The summed E-state index contributed by atoms with van der Waals surface area (Å²) in [7, 11) is 1.36. The topological polar surface area (TPSA) is 104 Å². The molecular formula is C30H28Cl2N4O5. The Labute approximate surface area is 246 Å². The number of piperidine rings is 1. The number of aromatic nitrogens is 3. The number of halogens is 2. The molecule has 1 aliphatic carbocycles. The number of carbonyl (C=O) groups is 1. The highest BCUT2D eigenvalue weighted by Gasteiger charge is 2.44. The van der Waals surface area contributed by atoms with Crippen molar-refractivity contribution in [2.45, 2.75) is 69.2 Å². The Morgan fingerprint density at radius 1 is 1.00 bits per heavy atom. The van der Waals surface area contributed by atoms with Gasteiger partial charge < -0.3 is 23.3 Å². The van der Waals surface area contributed by atoms with E-state index in [4.69, 9.17) is 41.6 Å².